The van der Waals surface area contributed by atoms with Gasteiger partial charge < -0.3 is 4.90 Å². The van der Waals surface area contributed by atoms with Gasteiger partial charge in [0, 0.05) is 12.6 Å². The third kappa shape index (κ3) is 2.48. The molecule has 2 aromatic carbocycles. The van der Waals surface area contributed by atoms with Crippen LogP contribution in [0.3, 0.4) is 0 Å². The SMILES string of the molecule is CN(C(=O)c1ccccc1)c1ccccc1Cl. The van der Waals surface area contributed by atoms with Gasteiger partial charge in [-0.2, -0.15) is 0 Å². The van der Waals surface area contributed by atoms with Gasteiger partial charge >= 0.3 is 0 Å². The molecule has 0 atom stereocenters. The van der Waals surface area contributed by atoms with Gasteiger partial charge in [-0.3, -0.25) is 4.79 Å². The molecule has 3 heteroatoms. The highest BCUT2D eigenvalue weighted by Crippen LogP contribution is 2.25. The third-order valence-corrected chi connectivity index (χ3v) is 2.86. The minimum absolute atomic E-state index is 0.0706. The first-order valence-electron chi connectivity index (χ1n) is 5.28. The number of carbonyl (C=O) groups is 1. The van der Waals surface area contributed by atoms with E-state index in [1.165, 1.54) is 0 Å². The van der Waals surface area contributed by atoms with Crippen LogP contribution >= 0.6 is 11.6 Å². The smallest absolute Gasteiger partial charge is 0.258 e. The van der Waals surface area contributed by atoms with Gasteiger partial charge in [-0.15, -0.1) is 0 Å². The van der Waals surface area contributed by atoms with Crippen LogP contribution in [0, 0.1) is 0 Å². The lowest BCUT2D eigenvalue weighted by Gasteiger charge is -2.18. The number of carbonyl (C=O) groups excluding carboxylic acids is 1. The zero-order valence-electron chi connectivity index (χ0n) is 9.43. The monoisotopic (exact) mass is 245 g/mol. The first kappa shape index (κ1) is 11.7. The van der Waals surface area contributed by atoms with Crippen molar-refractivity contribution >= 4 is 23.2 Å². The van der Waals surface area contributed by atoms with Crippen LogP contribution < -0.4 is 4.90 Å². The number of rotatable bonds is 2. The van der Waals surface area contributed by atoms with Gasteiger partial charge in [0.15, 0.2) is 0 Å². The number of anilines is 1. The summed E-state index contributed by atoms with van der Waals surface area (Å²) in [6, 6.07) is 16.4. The van der Waals surface area contributed by atoms with Crippen molar-refractivity contribution in [2.45, 2.75) is 0 Å². The van der Waals surface area contributed by atoms with Gasteiger partial charge in [-0.05, 0) is 24.3 Å². The zero-order valence-corrected chi connectivity index (χ0v) is 10.2. The number of amides is 1. The molecule has 0 saturated heterocycles. The van der Waals surface area contributed by atoms with E-state index < -0.39 is 0 Å². The van der Waals surface area contributed by atoms with Crippen molar-refractivity contribution in [3.05, 3.63) is 65.2 Å². The van der Waals surface area contributed by atoms with Gasteiger partial charge in [-0.25, -0.2) is 0 Å². The first-order valence-corrected chi connectivity index (χ1v) is 5.65. The molecular formula is C14H12ClNO. The molecule has 0 aromatic heterocycles. The molecule has 2 nitrogen and oxygen atoms in total. The summed E-state index contributed by atoms with van der Waals surface area (Å²) in [6.45, 7) is 0. The lowest BCUT2D eigenvalue weighted by atomic mass is 10.2. The Bertz CT molecular complexity index is 525. The predicted molar refractivity (Wildman–Crippen MR) is 70.6 cm³/mol. The van der Waals surface area contributed by atoms with Gasteiger partial charge in [-0.1, -0.05) is 41.9 Å². The van der Waals surface area contributed by atoms with E-state index in [0.717, 1.165) is 0 Å². The number of halogens is 1. The third-order valence-electron chi connectivity index (χ3n) is 2.54. The molecule has 0 bridgehead atoms. The van der Waals surface area contributed by atoms with Gasteiger partial charge in [0.05, 0.1) is 10.7 Å². The number of benzene rings is 2. The Hall–Kier alpha value is -1.80. The second-order valence-electron chi connectivity index (χ2n) is 3.68. The molecule has 0 saturated carbocycles. The topological polar surface area (TPSA) is 20.3 Å². The van der Waals surface area contributed by atoms with Crippen molar-refractivity contribution in [3.8, 4) is 0 Å². The van der Waals surface area contributed by atoms with E-state index >= 15 is 0 Å². The highest BCUT2D eigenvalue weighted by molar-refractivity contribution is 6.34. The van der Waals surface area contributed by atoms with Gasteiger partial charge in [0.2, 0.25) is 0 Å². The van der Waals surface area contributed by atoms with E-state index in [0.29, 0.717) is 16.3 Å². The Labute approximate surface area is 105 Å². The van der Waals surface area contributed by atoms with Crippen molar-refractivity contribution in [2.75, 3.05) is 11.9 Å². The number of hydrogen-bond acceptors (Lipinski definition) is 1. The van der Waals surface area contributed by atoms with Crippen LogP contribution in [0.2, 0.25) is 5.02 Å². The van der Waals surface area contributed by atoms with Crippen molar-refractivity contribution in [1.29, 1.82) is 0 Å². The van der Waals surface area contributed by atoms with Crippen molar-refractivity contribution < 1.29 is 4.79 Å². The van der Waals surface area contributed by atoms with E-state index in [1.54, 1.807) is 30.1 Å². The highest BCUT2D eigenvalue weighted by Gasteiger charge is 2.14. The Kier molecular flexibility index (Phi) is 3.45. The molecule has 0 radical (unpaired) electrons. The van der Waals surface area contributed by atoms with E-state index in [9.17, 15) is 4.79 Å². The number of hydrogen-bond donors (Lipinski definition) is 0. The summed E-state index contributed by atoms with van der Waals surface area (Å²) >= 11 is 6.06. The van der Waals surface area contributed by atoms with E-state index in [2.05, 4.69) is 0 Å². The fourth-order valence-corrected chi connectivity index (χ4v) is 1.87. The molecule has 0 aliphatic carbocycles. The Morgan fingerprint density at radius 1 is 1.00 bits per heavy atom. The maximum atomic E-state index is 12.2. The summed E-state index contributed by atoms with van der Waals surface area (Å²) in [5.74, 6) is -0.0706. The molecule has 17 heavy (non-hydrogen) atoms. The molecular weight excluding hydrogens is 234 g/mol. The Morgan fingerprint density at radius 3 is 2.24 bits per heavy atom. The maximum Gasteiger partial charge on any atom is 0.258 e. The van der Waals surface area contributed by atoms with Crippen molar-refractivity contribution in [1.82, 2.24) is 0 Å². The molecule has 1 amide bonds. The normalized spacial score (nSPS) is 10.0. The van der Waals surface area contributed by atoms with Gasteiger partial charge in [0.25, 0.3) is 5.91 Å². The van der Waals surface area contributed by atoms with Crippen molar-refractivity contribution in [3.63, 3.8) is 0 Å². The second-order valence-corrected chi connectivity index (χ2v) is 4.09. The van der Waals surface area contributed by atoms with Crippen LogP contribution in [-0.2, 0) is 0 Å². The van der Waals surface area contributed by atoms with Crippen LogP contribution in [-0.4, -0.2) is 13.0 Å². The molecule has 0 fully saturated rings. The summed E-state index contributed by atoms with van der Waals surface area (Å²) in [5.41, 5.74) is 1.36. The van der Waals surface area contributed by atoms with Crippen LogP contribution in [0.1, 0.15) is 10.4 Å². The van der Waals surface area contributed by atoms with E-state index in [4.69, 9.17) is 11.6 Å². The fourth-order valence-electron chi connectivity index (χ4n) is 1.61. The van der Waals surface area contributed by atoms with E-state index in [1.807, 2.05) is 36.4 Å². The molecule has 0 heterocycles. The fraction of sp³-hybridized carbons (Fsp3) is 0.0714. The molecule has 0 aliphatic rings. The van der Waals surface area contributed by atoms with Crippen LogP contribution in [0.4, 0.5) is 5.69 Å². The summed E-state index contributed by atoms with van der Waals surface area (Å²) < 4.78 is 0. The molecule has 2 rings (SSSR count). The molecule has 86 valence electrons. The number of nitrogens with zero attached hydrogens (tertiary/aromatic N) is 1. The van der Waals surface area contributed by atoms with E-state index in [-0.39, 0.29) is 5.91 Å². The lowest BCUT2D eigenvalue weighted by Crippen LogP contribution is -2.26. The Balaban J connectivity index is 2.30. The molecule has 0 N–H and O–H groups in total. The second kappa shape index (κ2) is 5.02. The average Bonchev–Trinajstić information content (AvgIpc) is 2.39. The summed E-state index contributed by atoms with van der Waals surface area (Å²) in [7, 11) is 1.72. The highest BCUT2D eigenvalue weighted by atomic mass is 35.5. The minimum atomic E-state index is -0.0706. The lowest BCUT2D eigenvalue weighted by molar-refractivity contribution is 0.0993. The summed E-state index contributed by atoms with van der Waals surface area (Å²) in [5, 5.41) is 0.569. The molecule has 2 aromatic rings. The average molecular weight is 246 g/mol. The van der Waals surface area contributed by atoms with Crippen LogP contribution in [0.5, 0.6) is 0 Å². The van der Waals surface area contributed by atoms with Crippen LogP contribution in [0.25, 0.3) is 0 Å². The molecule has 0 spiro atoms. The number of para-hydroxylation sites is 1. The standard InChI is InChI=1S/C14H12ClNO/c1-16(13-10-6-5-9-12(13)15)14(17)11-7-3-2-4-8-11/h2-10H,1H3. The quantitative estimate of drug-likeness (QED) is 0.791. The Morgan fingerprint density at radius 2 is 1.59 bits per heavy atom. The van der Waals surface area contributed by atoms with Gasteiger partial charge in [0.1, 0.15) is 0 Å². The van der Waals surface area contributed by atoms with Crippen molar-refractivity contribution in [2.24, 2.45) is 0 Å². The zero-order chi connectivity index (χ0) is 12.3. The molecule has 0 aliphatic heterocycles. The van der Waals surface area contributed by atoms with Crippen LogP contribution in [0.15, 0.2) is 54.6 Å². The summed E-state index contributed by atoms with van der Waals surface area (Å²) in [6.07, 6.45) is 0. The minimum Gasteiger partial charge on any atom is -0.310 e. The maximum absolute atomic E-state index is 12.2. The first-order chi connectivity index (χ1) is 8.20. The summed E-state index contributed by atoms with van der Waals surface area (Å²) in [4.78, 5) is 13.7. The molecule has 0 unspecified atom stereocenters. The predicted octanol–water partition coefficient (Wildman–Crippen LogP) is 3.62. The largest absolute Gasteiger partial charge is 0.310 e.